The van der Waals surface area contributed by atoms with Crippen LogP contribution in [0, 0.1) is 6.92 Å². The zero-order valence-electron chi connectivity index (χ0n) is 6.29. The molecule has 4 heteroatoms. The quantitative estimate of drug-likeness (QED) is 0.697. The highest BCUT2D eigenvalue weighted by Gasteiger charge is 2.04. The Morgan fingerprint density at radius 1 is 1.33 bits per heavy atom. The van der Waals surface area contributed by atoms with E-state index in [0.29, 0.717) is 4.88 Å². The van der Waals surface area contributed by atoms with Crippen LogP contribution in [0.2, 0.25) is 0 Å². The van der Waals surface area contributed by atoms with Gasteiger partial charge in [-0.05, 0) is 19.1 Å². The fraction of sp³-hybridized carbons (Fsp3) is 0.125. The molecule has 0 radical (unpaired) electrons. The summed E-state index contributed by atoms with van der Waals surface area (Å²) in [6.45, 7) is 2.01. The van der Waals surface area contributed by atoms with E-state index in [1.807, 2.05) is 13.0 Å². The normalized spacial score (nSPS) is 10.8. The van der Waals surface area contributed by atoms with E-state index in [4.69, 9.17) is 0 Å². The van der Waals surface area contributed by atoms with Crippen molar-refractivity contribution in [3.8, 4) is 0 Å². The maximum absolute atomic E-state index is 10.5. The summed E-state index contributed by atoms with van der Waals surface area (Å²) in [4.78, 5) is 12.0. The highest BCUT2D eigenvalue weighted by molar-refractivity contribution is 7.28. The molecule has 0 fully saturated rings. The van der Waals surface area contributed by atoms with Crippen LogP contribution in [-0.2, 0) is 0 Å². The number of carboxylic acids is 1. The van der Waals surface area contributed by atoms with Gasteiger partial charge in [0.1, 0.15) is 0 Å². The third kappa shape index (κ3) is 1.13. The zero-order chi connectivity index (χ0) is 8.72. The molecule has 12 heavy (non-hydrogen) atoms. The molecule has 0 aliphatic heterocycles. The first-order valence-corrected chi connectivity index (χ1v) is 5.01. The van der Waals surface area contributed by atoms with E-state index in [9.17, 15) is 9.90 Å². The van der Waals surface area contributed by atoms with Crippen LogP contribution >= 0.6 is 22.7 Å². The summed E-state index contributed by atoms with van der Waals surface area (Å²) >= 11 is 2.88. The summed E-state index contributed by atoms with van der Waals surface area (Å²) in [5, 5.41) is 10.5. The van der Waals surface area contributed by atoms with Gasteiger partial charge in [0.25, 0.3) is 0 Å². The minimum Gasteiger partial charge on any atom is -0.544 e. The highest BCUT2D eigenvalue weighted by Crippen LogP contribution is 2.32. The molecule has 0 saturated heterocycles. The molecule has 0 atom stereocenters. The van der Waals surface area contributed by atoms with E-state index in [1.165, 1.54) is 16.2 Å². The Labute approximate surface area is 77.1 Å². The highest BCUT2D eigenvalue weighted by atomic mass is 32.1. The van der Waals surface area contributed by atoms with E-state index in [2.05, 4.69) is 0 Å². The van der Waals surface area contributed by atoms with Crippen molar-refractivity contribution in [3.05, 3.63) is 21.9 Å². The molecule has 0 spiro atoms. The molecule has 2 nitrogen and oxygen atoms in total. The molecule has 0 amide bonds. The van der Waals surface area contributed by atoms with E-state index in [1.54, 1.807) is 17.4 Å². The van der Waals surface area contributed by atoms with Gasteiger partial charge < -0.3 is 9.90 Å². The topological polar surface area (TPSA) is 40.1 Å². The van der Waals surface area contributed by atoms with E-state index in [-0.39, 0.29) is 0 Å². The van der Waals surface area contributed by atoms with Gasteiger partial charge in [-0.2, -0.15) is 0 Å². The Morgan fingerprint density at radius 3 is 2.58 bits per heavy atom. The average molecular weight is 197 g/mol. The second-order valence-electron chi connectivity index (χ2n) is 2.48. The number of fused-ring (bicyclic) bond motifs is 1. The number of aryl methyl sites for hydroxylation is 1. The molecule has 0 aliphatic carbocycles. The van der Waals surface area contributed by atoms with E-state index < -0.39 is 5.97 Å². The molecule has 0 unspecified atom stereocenters. The first-order chi connectivity index (χ1) is 5.66. The Morgan fingerprint density at radius 2 is 2.00 bits per heavy atom. The molecule has 2 rings (SSSR count). The minimum atomic E-state index is -1.08. The van der Waals surface area contributed by atoms with Crippen LogP contribution in [0.25, 0.3) is 9.40 Å². The number of carboxylic acid groups (broad SMARTS) is 1. The van der Waals surface area contributed by atoms with Crippen LogP contribution in [0.4, 0.5) is 0 Å². The van der Waals surface area contributed by atoms with Gasteiger partial charge in [-0.15, -0.1) is 22.7 Å². The molecule has 0 bridgehead atoms. The lowest BCUT2D eigenvalue weighted by Gasteiger charge is -1.92. The van der Waals surface area contributed by atoms with Crippen molar-refractivity contribution in [1.82, 2.24) is 0 Å². The van der Waals surface area contributed by atoms with Gasteiger partial charge in [-0.25, -0.2) is 0 Å². The van der Waals surface area contributed by atoms with Crippen LogP contribution in [0.5, 0.6) is 0 Å². The average Bonchev–Trinajstić information content (AvgIpc) is 2.42. The van der Waals surface area contributed by atoms with Crippen LogP contribution in [0.3, 0.4) is 0 Å². The van der Waals surface area contributed by atoms with Crippen molar-refractivity contribution in [3.63, 3.8) is 0 Å². The number of hydrogen-bond acceptors (Lipinski definition) is 4. The molecule has 0 saturated carbocycles. The number of aromatic carboxylic acids is 1. The maximum atomic E-state index is 10.5. The summed E-state index contributed by atoms with van der Waals surface area (Å²) in [5.74, 6) is -1.08. The van der Waals surface area contributed by atoms with Gasteiger partial charge in [-0.1, -0.05) is 0 Å². The van der Waals surface area contributed by atoms with E-state index >= 15 is 0 Å². The van der Waals surface area contributed by atoms with Crippen molar-refractivity contribution >= 4 is 38.0 Å². The SMILES string of the molecule is Cc1cc2sc(C(=O)[O-])cc2s1. The largest absolute Gasteiger partial charge is 0.544 e. The Hall–Kier alpha value is -0.870. The fourth-order valence-corrected chi connectivity index (χ4v) is 3.21. The summed E-state index contributed by atoms with van der Waals surface area (Å²) in [6.07, 6.45) is 0. The van der Waals surface area contributed by atoms with Crippen molar-refractivity contribution in [2.75, 3.05) is 0 Å². The molecular formula is C8H5O2S2-. The van der Waals surface area contributed by atoms with Crippen molar-refractivity contribution in [1.29, 1.82) is 0 Å². The van der Waals surface area contributed by atoms with Crippen molar-refractivity contribution < 1.29 is 9.90 Å². The molecule has 0 aliphatic rings. The van der Waals surface area contributed by atoms with Gasteiger partial charge >= 0.3 is 0 Å². The molecule has 2 aromatic rings. The number of carbonyl (C=O) groups excluding carboxylic acids is 1. The van der Waals surface area contributed by atoms with Gasteiger partial charge in [0, 0.05) is 14.3 Å². The van der Waals surface area contributed by atoms with E-state index in [0.717, 1.165) is 9.40 Å². The maximum Gasteiger partial charge on any atom is 0.0815 e. The van der Waals surface area contributed by atoms with Crippen molar-refractivity contribution in [2.24, 2.45) is 0 Å². The third-order valence-electron chi connectivity index (χ3n) is 1.53. The predicted molar refractivity (Wildman–Crippen MR) is 48.8 cm³/mol. The number of carbonyl (C=O) groups is 1. The Balaban J connectivity index is 2.64. The van der Waals surface area contributed by atoms with Gasteiger partial charge in [0.15, 0.2) is 0 Å². The van der Waals surface area contributed by atoms with Gasteiger partial charge in [-0.3, -0.25) is 0 Å². The molecule has 0 N–H and O–H groups in total. The third-order valence-corrected chi connectivity index (χ3v) is 3.72. The Bertz CT molecular complexity index is 407. The van der Waals surface area contributed by atoms with Gasteiger partial charge in [0.05, 0.1) is 10.8 Å². The molecule has 2 aromatic heterocycles. The Kier molecular flexibility index (Phi) is 1.66. The lowest BCUT2D eigenvalue weighted by atomic mass is 10.4. The fourth-order valence-electron chi connectivity index (χ4n) is 1.06. The summed E-state index contributed by atoms with van der Waals surface area (Å²) < 4.78 is 2.08. The minimum absolute atomic E-state index is 0.316. The summed E-state index contributed by atoms with van der Waals surface area (Å²) in [7, 11) is 0. The summed E-state index contributed by atoms with van der Waals surface area (Å²) in [6, 6.07) is 3.67. The molecule has 2 heterocycles. The first-order valence-electron chi connectivity index (χ1n) is 3.38. The van der Waals surface area contributed by atoms with Crippen molar-refractivity contribution in [2.45, 2.75) is 6.92 Å². The van der Waals surface area contributed by atoms with Gasteiger partial charge in [0.2, 0.25) is 0 Å². The monoisotopic (exact) mass is 197 g/mol. The standard InChI is InChI=1S/C8H6O2S2/c1-4-2-5-6(11-4)3-7(12-5)8(9)10/h2-3H,1H3,(H,9,10)/p-1. The summed E-state index contributed by atoms with van der Waals surface area (Å²) in [5.41, 5.74) is 0. The molecule has 62 valence electrons. The van der Waals surface area contributed by atoms with Crippen LogP contribution in [0.1, 0.15) is 14.5 Å². The zero-order valence-corrected chi connectivity index (χ0v) is 7.92. The van der Waals surface area contributed by atoms with Crippen LogP contribution < -0.4 is 5.11 Å². The number of thiophene rings is 2. The molecule has 0 aromatic carbocycles. The first kappa shape index (κ1) is 7.76. The smallest absolute Gasteiger partial charge is 0.0815 e. The molecular weight excluding hydrogens is 192 g/mol. The second-order valence-corrected chi connectivity index (χ2v) is 4.86. The predicted octanol–water partition coefficient (Wildman–Crippen LogP) is 1.63. The van der Waals surface area contributed by atoms with Crippen LogP contribution in [-0.4, -0.2) is 5.97 Å². The number of hydrogen-bond donors (Lipinski definition) is 0. The lowest BCUT2D eigenvalue weighted by Crippen LogP contribution is -2.20. The lowest BCUT2D eigenvalue weighted by molar-refractivity contribution is -0.254. The number of rotatable bonds is 1. The van der Waals surface area contributed by atoms with Crippen LogP contribution in [0.15, 0.2) is 12.1 Å². The second kappa shape index (κ2) is 2.57.